The number of rotatable bonds is 3. The van der Waals surface area contributed by atoms with Crippen molar-refractivity contribution in [1.29, 1.82) is 0 Å². The summed E-state index contributed by atoms with van der Waals surface area (Å²) >= 11 is 0. The van der Waals surface area contributed by atoms with E-state index >= 15 is 0 Å². The molecule has 0 bridgehead atoms. The van der Waals surface area contributed by atoms with Gasteiger partial charge in [0.15, 0.2) is 0 Å². The second kappa shape index (κ2) is 5.40. The topological polar surface area (TPSA) is 35.6 Å². The van der Waals surface area contributed by atoms with E-state index in [9.17, 15) is 4.79 Å². The van der Waals surface area contributed by atoms with Gasteiger partial charge in [-0.15, -0.1) is 0 Å². The van der Waals surface area contributed by atoms with Crippen LogP contribution < -0.4 is 10.2 Å². The summed E-state index contributed by atoms with van der Waals surface area (Å²) in [5, 5.41) is 2.68. The van der Waals surface area contributed by atoms with Gasteiger partial charge in [-0.1, -0.05) is 6.07 Å². The SMILES string of the molecule is CNC(=O)CN1CCc2ccc(N(C)C)cc2C1. The molecule has 1 aliphatic rings. The highest BCUT2D eigenvalue weighted by Gasteiger charge is 2.18. The minimum atomic E-state index is 0.0854. The first-order valence-corrected chi connectivity index (χ1v) is 6.32. The monoisotopic (exact) mass is 247 g/mol. The summed E-state index contributed by atoms with van der Waals surface area (Å²) in [5.41, 5.74) is 3.97. The molecule has 0 aliphatic carbocycles. The molecule has 0 fully saturated rings. The van der Waals surface area contributed by atoms with Crippen LogP contribution in [-0.4, -0.2) is 45.0 Å². The van der Waals surface area contributed by atoms with E-state index in [0.717, 1.165) is 19.5 Å². The third kappa shape index (κ3) is 2.82. The van der Waals surface area contributed by atoms with Gasteiger partial charge in [-0.25, -0.2) is 0 Å². The maximum atomic E-state index is 11.4. The molecule has 1 aliphatic heterocycles. The number of carbonyl (C=O) groups excluding carboxylic acids is 1. The third-order valence-corrected chi connectivity index (χ3v) is 3.44. The van der Waals surface area contributed by atoms with E-state index in [1.165, 1.54) is 16.8 Å². The molecule has 98 valence electrons. The fourth-order valence-electron chi connectivity index (χ4n) is 2.30. The van der Waals surface area contributed by atoms with Crippen molar-refractivity contribution in [2.45, 2.75) is 13.0 Å². The van der Waals surface area contributed by atoms with Crippen LogP contribution in [0.15, 0.2) is 18.2 Å². The van der Waals surface area contributed by atoms with Crippen molar-refractivity contribution in [2.75, 3.05) is 39.1 Å². The van der Waals surface area contributed by atoms with Crippen molar-refractivity contribution in [1.82, 2.24) is 10.2 Å². The van der Waals surface area contributed by atoms with E-state index in [4.69, 9.17) is 0 Å². The Kier molecular flexibility index (Phi) is 3.87. The van der Waals surface area contributed by atoms with Crippen molar-refractivity contribution < 1.29 is 4.79 Å². The van der Waals surface area contributed by atoms with Crippen LogP contribution in [0.5, 0.6) is 0 Å². The van der Waals surface area contributed by atoms with Crippen molar-refractivity contribution in [3.8, 4) is 0 Å². The summed E-state index contributed by atoms with van der Waals surface area (Å²) in [6.07, 6.45) is 1.03. The van der Waals surface area contributed by atoms with Gasteiger partial charge in [0, 0.05) is 39.9 Å². The largest absolute Gasteiger partial charge is 0.378 e. The summed E-state index contributed by atoms with van der Waals surface area (Å²) in [6, 6.07) is 6.60. The van der Waals surface area contributed by atoms with Crippen LogP contribution in [0.2, 0.25) is 0 Å². The molecular weight excluding hydrogens is 226 g/mol. The Morgan fingerprint density at radius 1 is 1.39 bits per heavy atom. The molecule has 1 aromatic rings. The van der Waals surface area contributed by atoms with Gasteiger partial charge in [0.25, 0.3) is 0 Å². The molecule has 0 radical (unpaired) electrons. The quantitative estimate of drug-likeness (QED) is 0.860. The van der Waals surface area contributed by atoms with Crippen LogP contribution in [0.25, 0.3) is 0 Å². The molecule has 0 unspecified atom stereocenters. The summed E-state index contributed by atoms with van der Waals surface area (Å²) < 4.78 is 0. The normalized spacial score (nSPS) is 15.1. The van der Waals surface area contributed by atoms with Crippen molar-refractivity contribution >= 4 is 11.6 Å². The number of nitrogens with one attached hydrogen (secondary N) is 1. The Balaban J connectivity index is 2.12. The maximum absolute atomic E-state index is 11.4. The molecule has 1 N–H and O–H groups in total. The Hall–Kier alpha value is -1.55. The number of anilines is 1. The highest BCUT2D eigenvalue weighted by atomic mass is 16.1. The van der Waals surface area contributed by atoms with Gasteiger partial charge >= 0.3 is 0 Å². The molecule has 1 heterocycles. The van der Waals surface area contributed by atoms with Gasteiger partial charge in [-0.2, -0.15) is 0 Å². The lowest BCUT2D eigenvalue weighted by molar-refractivity contribution is -0.121. The molecule has 4 heteroatoms. The van der Waals surface area contributed by atoms with Gasteiger partial charge in [0.1, 0.15) is 0 Å². The predicted octanol–water partition coefficient (Wildman–Crippen LogP) is 0.857. The van der Waals surface area contributed by atoms with Gasteiger partial charge in [-0.3, -0.25) is 9.69 Å². The maximum Gasteiger partial charge on any atom is 0.233 e. The van der Waals surface area contributed by atoms with Crippen molar-refractivity contribution in [2.24, 2.45) is 0 Å². The molecule has 1 amide bonds. The number of amides is 1. The Morgan fingerprint density at radius 3 is 2.83 bits per heavy atom. The van der Waals surface area contributed by atoms with Crippen LogP contribution in [0.1, 0.15) is 11.1 Å². The zero-order chi connectivity index (χ0) is 13.1. The fourth-order valence-corrected chi connectivity index (χ4v) is 2.30. The predicted molar refractivity (Wildman–Crippen MR) is 73.8 cm³/mol. The molecule has 0 spiro atoms. The first-order valence-electron chi connectivity index (χ1n) is 6.32. The average molecular weight is 247 g/mol. The van der Waals surface area contributed by atoms with E-state index in [1.807, 2.05) is 14.1 Å². The van der Waals surface area contributed by atoms with Crippen LogP contribution >= 0.6 is 0 Å². The molecular formula is C14H21N3O. The van der Waals surface area contributed by atoms with Crippen molar-refractivity contribution in [3.05, 3.63) is 29.3 Å². The summed E-state index contributed by atoms with van der Waals surface area (Å²) in [7, 11) is 5.78. The number of carbonyl (C=O) groups is 1. The number of benzene rings is 1. The Labute approximate surface area is 109 Å². The summed E-state index contributed by atoms with van der Waals surface area (Å²) in [5.74, 6) is 0.0854. The van der Waals surface area contributed by atoms with Crippen LogP contribution in [0.3, 0.4) is 0 Å². The number of nitrogens with zero attached hydrogens (tertiary/aromatic N) is 2. The fraction of sp³-hybridized carbons (Fsp3) is 0.500. The summed E-state index contributed by atoms with van der Waals surface area (Å²) in [6.45, 7) is 2.31. The van der Waals surface area contributed by atoms with Crippen LogP contribution in [0.4, 0.5) is 5.69 Å². The van der Waals surface area contributed by atoms with E-state index in [1.54, 1.807) is 7.05 Å². The Morgan fingerprint density at radius 2 is 2.17 bits per heavy atom. The molecule has 0 saturated carbocycles. The lowest BCUT2D eigenvalue weighted by Gasteiger charge is -2.29. The summed E-state index contributed by atoms with van der Waals surface area (Å²) in [4.78, 5) is 15.7. The van der Waals surface area contributed by atoms with E-state index in [-0.39, 0.29) is 5.91 Å². The zero-order valence-corrected chi connectivity index (χ0v) is 11.4. The van der Waals surface area contributed by atoms with Gasteiger partial charge in [0.2, 0.25) is 5.91 Å². The third-order valence-electron chi connectivity index (χ3n) is 3.44. The van der Waals surface area contributed by atoms with E-state index < -0.39 is 0 Å². The molecule has 1 aromatic carbocycles. The Bertz CT molecular complexity index is 443. The lowest BCUT2D eigenvalue weighted by atomic mass is 9.99. The van der Waals surface area contributed by atoms with Gasteiger partial charge in [-0.05, 0) is 29.7 Å². The van der Waals surface area contributed by atoms with E-state index in [0.29, 0.717) is 6.54 Å². The van der Waals surface area contributed by atoms with Gasteiger partial charge in [0.05, 0.1) is 6.54 Å². The first kappa shape index (κ1) is 12.9. The second-order valence-electron chi connectivity index (χ2n) is 4.98. The number of fused-ring (bicyclic) bond motifs is 1. The molecule has 0 atom stereocenters. The van der Waals surface area contributed by atoms with Crippen LogP contribution in [0, 0.1) is 0 Å². The molecule has 2 rings (SSSR count). The smallest absolute Gasteiger partial charge is 0.233 e. The minimum absolute atomic E-state index is 0.0854. The number of hydrogen-bond acceptors (Lipinski definition) is 3. The van der Waals surface area contributed by atoms with Gasteiger partial charge < -0.3 is 10.2 Å². The van der Waals surface area contributed by atoms with E-state index in [2.05, 4.69) is 33.3 Å². The standard InChI is InChI=1S/C14H21N3O/c1-15-14(18)10-17-7-6-11-4-5-13(16(2)3)8-12(11)9-17/h4-5,8H,6-7,9-10H2,1-3H3,(H,15,18). The highest BCUT2D eigenvalue weighted by molar-refractivity contribution is 5.77. The zero-order valence-electron chi connectivity index (χ0n) is 11.4. The molecule has 0 aromatic heterocycles. The number of hydrogen-bond donors (Lipinski definition) is 1. The average Bonchev–Trinajstić information content (AvgIpc) is 2.37. The lowest BCUT2D eigenvalue weighted by Crippen LogP contribution is -2.38. The highest BCUT2D eigenvalue weighted by Crippen LogP contribution is 2.23. The number of likely N-dealkylation sites (N-methyl/N-ethyl adjacent to an activating group) is 1. The second-order valence-corrected chi connectivity index (χ2v) is 4.98. The van der Waals surface area contributed by atoms with Crippen LogP contribution in [-0.2, 0) is 17.8 Å². The minimum Gasteiger partial charge on any atom is -0.378 e. The van der Waals surface area contributed by atoms with Crippen molar-refractivity contribution in [3.63, 3.8) is 0 Å². The molecule has 0 saturated heterocycles. The molecule has 4 nitrogen and oxygen atoms in total. The first-order chi connectivity index (χ1) is 8.60. The molecule has 18 heavy (non-hydrogen) atoms.